The third-order valence-corrected chi connectivity index (χ3v) is 16.1. The molecule has 83 heavy (non-hydrogen) atoms. The van der Waals surface area contributed by atoms with Crippen molar-refractivity contribution >= 4 is 39.5 Å². The summed E-state index contributed by atoms with van der Waals surface area (Å²) in [6.45, 7) is 4.70. The van der Waals surface area contributed by atoms with Gasteiger partial charge in [-0.15, -0.1) is 0 Å². The molecule has 0 bridgehead atoms. The monoisotopic (exact) mass is 1220 g/mol. The molecule has 3 N–H and O–H groups in total. The number of unbranched alkanes of at least 4 members (excludes halogenated alkanes) is 34. The fourth-order valence-electron chi connectivity index (χ4n) is 9.09. The van der Waals surface area contributed by atoms with Crippen molar-refractivity contribution in [2.45, 2.75) is 322 Å². The van der Waals surface area contributed by atoms with E-state index in [-0.39, 0.29) is 25.7 Å². The van der Waals surface area contributed by atoms with Gasteiger partial charge in [0, 0.05) is 25.7 Å². The number of carbonyl (C=O) groups is 4. The standard InChI is InChI=1S/C64H120O17P2/c1-5-9-13-17-20-22-24-26-28-30-32-34-36-39-43-47-51-64(69)81-60(55-75-62(67)49-45-41-38-35-33-31-29-27-25-23-21-18-14-10-6-2)57-79-83(72,73)77-53-58(65)52-76-82(70,71)78-56-59(54-74-61(66)48-44-40-16-12-8-4)80-63(68)50-46-42-37-19-15-11-7-3/h23,25,27,29,58-60,65H,5-22,24,26,28,30-57H2,1-4H3,(H,70,71)(H,72,73)/b25-23-,29-27-/t58-,59+,60+/m0/s1. The Labute approximate surface area is 503 Å². The van der Waals surface area contributed by atoms with Crippen molar-refractivity contribution in [3.8, 4) is 0 Å². The molecule has 0 saturated carbocycles. The first kappa shape index (κ1) is 80.5. The second-order valence-electron chi connectivity index (χ2n) is 22.5. The van der Waals surface area contributed by atoms with Crippen LogP contribution in [0.3, 0.4) is 0 Å². The molecule has 488 valence electrons. The molecule has 0 aliphatic heterocycles. The largest absolute Gasteiger partial charge is 0.472 e. The second-order valence-corrected chi connectivity index (χ2v) is 25.4. The molecule has 0 aromatic carbocycles. The minimum Gasteiger partial charge on any atom is -0.462 e. The second kappa shape index (κ2) is 58.6. The van der Waals surface area contributed by atoms with E-state index >= 15 is 0 Å². The van der Waals surface area contributed by atoms with Crippen molar-refractivity contribution in [1.82, 2.24) is 0 Å². The van der Waals surface area contributed by atoms with E-state index in [4.69, 9.17) is 37.0 Å². The highest BCUT2D eigenvalue weighted by atomic mass is 31.2. The number of rotatable bonds is 63. The van der Waals surface area contributed by atoms with Gasteiger partial charge in [0.2, 0.25) is 0 Å². The summed E-state index contributed by atoms with van der Waals surface area (Å²) in [7, 11) is -9.88. The molecule has 17 nitrogen and oxygen atoms in total. The van der Waals surface area contributed by atoms with Crippen LogP contribution in [0.2, 0.25) is 0 Å². The molecular formula is C64H120O17P2. The van der Waals surface area contributed by atoms with Crippen molar-refractivity contribution in [3.63, 3.8) is 0 Å². The summed E-state index contributed by atoms with van der Waals surface area (Å²) in [5.41, 5.74) is 0. The molecule has 0 amide bonds. The van der Waals surface area contributed by atoms with Crippen molar-refractivity contribution in [2.75, 3.05) is 39.6 Å². The lowest BCUT2D eigenvalue weighted by Gasteiger charge is -2.21. The van der Waals surface area contributed by atoms with Crippen LogP contribution in [0.1, 0.15) is 304 Å². The van der Waals surface area contributed by atoms with Crippen LogP contribution in [0.4, 0.5) is 0 Å². The highest BCUT2D eigenvalue weighted by Crippen LogP contribution is 2.45. The number of aliphatic hydroxyl groups excluding tert-OH is 1. The van der Waals surface area contributed by atoms with E-state index in [1.807, 2.05) is 0 Å². The molecule has 0 rings (SSSR count). The lowest BCUT2D eigenvalue weighted by molar-refractivity contribution is -0.161. The Bertz CT molecular complexity index is 1700. The van der Waals surface area contributed by atoms with Crippen molar-refractivity contribution in [2.24, 2.45) is 0 Å². The highest BCUT2D eigenvalue weighted by Gasteiger charge is 2.30. The maximum atomic E-state index is 13.0. The van der Waals surface area contributed by atoms with Gasteiger partial charge in [0.1, 0.15) is 19.3 Å². The van der Waals surface area contributed by atoms with E-state index in [1.54, 1.807) is 0 Å². The Morgan fingerprint density at radius 3 is 0.880 bits per heavy atom. The molecular weight excluding hydrogens is 1100 g/mol. The normalized spacial score (nSPS) is 14.3. The van der Waals surface area contributed by atoms with Gasteiger partial charge >= 0.3 is 39.5 Å². The number of hydrogen-bond donors (Lipinski definition) is 3. The molecule has 0 aromatic heterocycles. The fourth-order valence-corrected chi connectivity index (χ4v) is 10.7. The minimum absolute atomic E-state index is 0.101. The number of allylic oxidation sites excluding steroid dienone is 4. The number of esters is 4. The van der Waals surface area contributed by atoms with E-state index in [0.29, 0.717) is 25.7 Å². The Balaban J connectivity index is 5.18. The van der Waals surface area contributed by atoms with Gasteiger partial charge in [-0.2, -0.15) is 0 Å². The topological polar surface area (TPSA) is 237 Å². The maximum absolute atomic E-state index is 13.0. The van der Waals surface area contributed by atoms with Crippen molar-refractivity contribution in [1.29, 1.82) is 0 Å². The molecule has 5 atom stereocenters. The molecule has 0 fully saturated rings. The quantitative estimate of drug-likeness (QED) is 0.0169. The number of carbonyl (C=O) groups excluding carboxylic acids is 4. The van der Waals surface area contributed by atoms with Gasteiger partial charge in [-0.25, -0.2) is 9.13 Å². The van der Waals surface area contributed by atoms with Gasteiger partial charge < -0.3 is 33.8 Å². The smallest absolute Gasteiger partial charge is 0.462 e. The average molecular weight is 1220 g/mol. The molecule has 0 radical (unpaired) electrons. The van der Waals surface area contributed by atoms with Crippen LogP contribution in [0, 0.1) is 0 Å². The number of phosphoric acid groups is 2. The van der Waals surface area contributed by atoms with Crippen LogP contribution in [0.15, 0.2) is 24.3 Å². The Morgan fingerprint density at radius 2 is 0.578 bits per heavy atom. The zero-order chi connectivity index (χ0) is 61.2. The molecule has 0 spiro atoms. The first-order valence-corrected chi connectivity index (χ1v) is 36.1. The third-order valence-electron chi connectivity index (χ3n) is 14.2. The average Bonchev–Trinajstić information content (AvgIpc) is 3.47. The first-order chi connectivity index (χ1) is 40.2. The summed E-state index contributed by atoms with van der Waals surface area (Å²) in [5, 5.41) is 10.5. The summed E-state index contributed by atoms with van der Waals surface area (Å²) < 4.78 is 67.6. The lowest BCUT2D eigenvalue weighted by atomic mass is 10.0. The summed E-state index contributed by atoms with van der Waals surface area (Å²) in [6, 6.07) is 0. The van der Waals surface area contributed by atoms with Crippen LogP contribution < -0.4 is 0 Å². The molecule has 2 unspecified atom stereocenters. The van der Waals surface area contributed by atoms with E-state index in [1.165, 1.54) is 96.3 Å². The van der Waals surface area contributed by atoms with E-state index < -0.39 is 97.5 Å². The van der Waals surface area contributed by atoms with Crippen LogP contribution in [-0.4, -0.2) is 96.7 Å². The van der Waals surface area contributed by atoms with E-state index in [9.17, 15) is 43.2 Å². The van der Waals surface area contributed by atoms with Gasteiger partial charge in [-0.3, -0.25) is 37.3 Å². The predicted octanol–water partition coefficient (Wildman–Crippen LogP) is 17.5. The SMILES string of the molecule is CCCCCC/C=C\C=C/CCCCCCCC(=O)OC[C@H](COP(=O)(O)OC[C@@H](O)COP(=O)(O)OC[C@@H](COC(=O)CCCCCCC)OC(=O)CCCCCCCCC)OC(=O)CCCCCCCCCCCCCCCCCC. The first-order valence-electron chi connectivity index (χ1n) is 33.1. The Morgan fingerprint density at radius 1 is 0.337 bits per heavy atom. The van der Waals surface area contributed by atoms with Crippen molar-refractivity contribution < 1.29 is 80.2 Å². The highest BCUT2D eigenvalue weighted by molar-refractivity contribution is 7.47. The van der Waals surface area contributed by atoms with Crippen LogP contribution >= 0.6 is 15.6 Å². The molecule has 0 heterocycles. The van der Waals surface area contributed by atoms with E-state index in [2.05, 4.69) is 52.0 Å². The molecule has 0 aliphatic rings. The molecule has 0 saturated heterocycles. The zero-order valence-electron chi connectivity index (χ0n) is 52.6. The zero-order valence-corrected chi connectivity index (χ0v) is 54.4. The Kier molecular flexibility index (Phi) is 56.8. The van der Waals surface area contributed by atoms with Gasteiger partial charge in [0.25, 0.3) is 0 Å². The fraction of sp³-hybridized carbons (Fsp3) is 0.875. The maximum Gasteiger partial charge on any atom is 0.472 e. The molecule has 0 aliphatic carbocycles. The lowest BCUT2D eigenvalue weighted by Crippen LogP contribution is -2.30. The van der Waals surface area contributed by atoms with Gasteiger partial charge in [0.15, 0.2) is 12.2 Å². The summed E-state index contributed by atoms with van der Waals surface area (Å²) in [6.07, 6.45) is 47.2. The van der Waals surface area contributed by atoms with Crippen LogP contribution in [0.5, 0.6) is 0 Å². The van der Waals surface area contributed by atoms with Gasteiger partial charge in [-0.05, 0) is 51.4 Å². The molecule has 0 aromatic rings. The van der Waals surface area contributed by atoms with Crippen LogP contribution in [-0.2, 0) is 65.4 Å². The van der Waals surface area contributed by atoms with E-state index in [0.717, 1.165) is 128 Å². The number of ether oxygens (including phenoxy) is 4. The van der Waals surface area contributed by atoms with Gasteiger partial charge in [-0.1, -0.05) is 251 Å². The van der Waals surface area contributed by atoms with Crippen LogP contribution in [0.25, 0.3) is 0 Å². The summed E-state index contributed by atoms with van der Waals surface area (Å²) in [4.78, 5) is 71.8. The Hall–Kier alpha value is -2.46. The van der Waals surface area contributed by atoms with Crippen molar-refractivity contribution in [3.05, 3.63) is 24.3 Å². The van der Waals surface area contributed by atoms with Gasteiger partial charge in [0.05, 0.1) is 26.4 Å². The summed E-state index contributed by atoms with van der Waals surface area (Å²) in [5.74, 6) is -2.18. The number of aliphatic hydroxyl groups is 1. The predicted molar refractivity (Wildman–Crippen MR) is 331 cm³/mol. The number of hydrogen-bond acceptors (Lipinski definition) is 15. The minimum atomic E-state index is -4.95. The molecule has 19 heteroatoms. The summed E-state index contributed by atoms with van der Waals surface area (Å²) >= 11 is 0. The number of phosphoric ester groups is 2. The third kappa shape index (κ3) is 58.3.